The van der Waals surface area contributed by atoms with Gasteiger partial charge in [0.25, 0.3) is 0 Å². The molecule has 4 rings (SSSR count). The Morgan fingerprint density at radius 2 is 2.25 bits per heavy atom. The van der Waals surface area contributed by atoms with Gasteiger partial charge in [-0.25, -0.2) is 0 Å². The standard InChI is InChI=1S/C19H20N4O4S/c1-3-12-10-28-19-21-16(13-6-4-5-7-20-13)17(22(12)19)11-8-14(23(25)26)18(24)15(9-11)27-2/h4-9,12,16-17,24H,3,10H2,1-2H3/t12-,16-,17+/m1/s1. The fraction of sp³-hybridized carbons (Fsp3) is 0.368. The highest BCUT2D eigenvalue weighted by atomic mass is 32.2. The van der Waals surface area contributed by atoms with E-state index >= 15 is 0 Å². The summed E-state index contributed by atoms with van der Waals surface area (Å²) in [5.41, 5.74) is 1.11. The van der Waals surface area contributed by atoms with Crippen molar-refractivity contribution in [2.24, 2.45) is 4.99 Å². The van der Waals surface area contributed by atoms with Gasteiger partial charge in [0.2, 0.25) is 5.75 Å². The number of nitro groups is 1. The second-order valence-corrected chi connectivity index (χ2v) is 7.67. The van der Waals surface area contributed by atoms with Gasteiger partial charge >= 0.3 is 5.69 Å². The fourth-order valence-corrected chi connectivity index (χ4v) is 5.13. The molecule has 2 aromatic rings. The summed E-state index contributed by atoms with van der Waals surface area (Å²) in [6.45, 7) is 2.12. The molecule has 1 aromatic heterocycles. The first-order chi connectivity index (χ1) is 13.5. The maximum absolute atomic E-state index is 11.5. The highest BCUT2D eigenvalue weighted by Gasteiger charge is 2.46. The molecule has 0 radical (unpaired) electrons. The van der Waals surface area contributed by atoms with Crippen LogP contribution in [0.4, 0.5) is 5.69 Å². The number of aromatic hydroxyl groups is 1. The molecule has 0 amide bonds. The second kappa shape index (κ2) is 7.31. The van der Waals surface area contributed by atoms with E-state index in [1.165, 1.54) is 13.2 Å². The molecular formula is C19H20N4O4S. The number of methoxy groups -OCH3 is 1. The first-order valence-electron chi connectivity index (χ1n) is 9.00. The maximum Gasteiger partial charge on any atom is 0.315 e. The maximum atomic E-state index is 11.5. The Morgan fingerprint density at radius 1 is 1.43 bits per heavy atom. The highest BCUT2D eigenvalue weighted by Crippen LogP contribution is 2.50. The molecule has 1 fully saturated rings. The third-order valence-corrected chi connectivity index (χ3v) is 6.29. The van der Waals surface area contributed by atoms with Gasteiger partial charge in [-0.15, -0.1) is 0 Å². The van der Waals surface area contributed by atoms with Crippen molar-refractivity contribution in [3.63, 3.8) is 0 Å². The number of aromatic nitrogens is 1. The Morgan fingerprint density at radius 3 is 2.89 bits per heavy atom. The van der Waals surface area contributed by atoms with Crippen LogP contribution in [0.25, 0.3) is 0 Å². The molecule has 0 bridgehead atoms. The molecular weight excluding hydrogens is 380 g/mol. The fourth-order valence-electron chi connectivity index (χ4n) is 3.79. The largest absolute Gasteiger partial charge is 0.500 e. The SMILES string of the molecule is CC[C@@H]1CSC2=N[C@H](c3ccccn3)[C@H](c3cc(OC)c(O)c([N+](=O)[O-])c3)N21. The Labute approximate surface area is 166 Å². The molecule has 2 aliphatic heterocycles. The Hall–Kier alpha value is -2.81. The normalized spacial score (nSPS) is 23.4. The number of benzene rings is 1. The van der Waals surface area contributed by atoms with Gasteiger partial charge in [0.15, 0.2) is 10.9 Å². The second-order valence-electron chi connectivity index (χ2n) is 6.68. The third kappa shape index (κ3) is 2.95. The van der Waals surface area contributed by atoms with Crippen LogP contribution in [0.15, 0.2) is 41.5 Å². The smallest absolute Gasteiger partial charge is 0.315 e. The van der Waals surface area contributed by atoms with Crippen LogP contribution in [-0.2, 0) is 0 Å². The van der Waals surface area contributed by atoms with E-state index in [1.54, 1.807) is 24.0 Å². The molecule has 8 nitrogen and oxygen atoms in total. The van der Waals surface area contributed by atoms with Gasteiger partial charge in [0.05, 0.1) is 23.8 Å². The lowest BCUT2D eigenvalue weighted by Gasteiger charge is -2.32. The molecule has 3 atom stereocenters. The van der Waals surface area contributed by atoms with Crippen molar-refractivity contribution in [2.75, 3.05) is 12.9 Å². The zero-order chi connectivity index (χ0) is 19.8. The van der Waals surface area contributed by atoms with E-state index < -0.39 is 10.7 Å². The number of thioether (sulfide) groups is 1. The molecule has 1 aromatic carbocycles. The summed E-state index contributed by atoms with van der Waals surface area (Å²) < 4.78 is 5.21. The number of rotatable bonds is 5. The average Bonchev–Trinajstić information content (AvgIpc) is 3.27. The summed E-state index contributed by atoms with van der Waals surface area (Å²) in [5.74, 6) is 0.544. The number of phenols is 1. The summed E-state index contributed by atoms with van der Waals surface area (Å²) in [4.78, 5) is 22.5. The number of ether oxygens (including phenoxy) is 1. The van der Waals surface area contributed by atoms with Gasteiger partial charge in [-0.2, -0.15) is 0 Å². The van der Waals surface area contributed by atoms with Crippen molar-refractivity contribution >= 4 is 22.6 Å². The third-order valence-electron chi connectivity index (χ3n) is 5.16. The van der Waals surface area contributed by atoms with Gasteiger partial charge in [-0.1, -0.05) is 24.8 Å². The molecule has 0 aliphatic carbocycles. The summed E-state index contributed by atoms with van der Waals surface area (Å²) in [5, 5.41) is 22.6. The average molecular weight is 400 g/mol. The van der Waals surface area contributed by atoms with Gasteiger partial charge in [-0.3, -0.25) is 20.1 Å². The molecule has 9 heteroatoms. The van der Waals surface area contributed by atoms with Gasteiger partial charge in [0.1, 0.15) is 6.04 Å². The number of nitro benzene ring substituents is 1. The molecule has 0 saturated carbocycles. The van der Waals surface area contributed by atoms with Crippen LogP contribution >= 0.6 is 11.8 Å². The van der Waals surface area contributed by atoms with Crippen LogP contribution in [0.1, 0.15) is 36.7 Å². The van der Waals surface area contributed by atoms with Crippen LogP contribution in [0.5, 0.6) is 11.5 Å². The number of hydrogen-bond acceptors (Lipinski definition) is 8. The van der Waals surface area contributed by atoms with Crippen molar-refractivity contribution < 1.29 is 14.8 Å². The van der Waals surface area contributed by atoms with E-state index in [0.29, 0.717) is 5.56 Å². The molecule has 0 unspecified atom stereocenters. The van der Waals surface area contributed by atoms with E-state index in [-0.39, 0.29) is 29.6 Å². The van der Waals surface area contributed by atoms with E-state index in [9.17, 15) is 15.2 Å². The van der Waals surface area contributed by atoms with E-state index in [2.05, 4.69) is 16.8 Å². The number of pyridine rings is 1. The number of amidine groups is 1. The number of nitrogens with zero attached hydrogens (tertiary/aromatic N) is 4. The minimum atomic E-state index is -0.593. The van der Waals surface area contributed by atoms with E-state index in [1.807, 2.05) is 18.2 Å². The number of phenolic OH excluding ortho intramolecular Hbond substituents is 1. The van der Waals surface area contributed by atoms with Crippen molar-refractivity contribution in [2.45, 2.75) is 31.5 Å². The Bertz CT molecular complexity index is 937. The minimum absolute atomic E-state index is 0.0809. The highest BCUT2D eigenvalue weighted by molar-refractivity contribution is 8.14. The number of aliphatic imine (C=N–C) groups is 1. The van der Waals surface area contributed by atoms with Crippen LogP contribution < -0.4 is 4.74 Å². The predicted octanol–water partition coefficient (Wildman–Crippen LogP) is 3.68. The summed E-state index contributed by atoms with van der Waals surface area (Å²) >= 11 is 1.70. The van der Waals surface area contributed by atoms with Crippen LogP contribution in [0, 0.1) is 10.1 Å². The van der Waals surface area contributed by atoms with Gasteiger partial charge < -0.3 is 14.7 Å². The zero-order valence-electron chi connectivity index (χ0n) is 15.5. The molecule has 1 N–H and O–H groups in total. The molecule has 3 heterocycles. The summed E-state index contributed by atoms with van der Waals surface area (Å²) in [7, 11) is 1.38. The molecule has 1 saturated heterocycles. The molecule has 28 heavy (non-hydrogen) atoms. The zero-order valence-corrected chi connectivity index (χ0v) is 16.3. The minimum Gasteiger partial charge on any atom is -0.500 e. The Kier molecular flexibility index (Phi) is 4.84. The van der Waals surface area contributed by atoms with Crippen molar-refractivity contribution in [1.29, 1.82) is 0 Å². The quantitative estimate of drug-likeness (QED) is 0.603. The lowest BCUT2D eigenvalue weighted by Crippen LogP contribution is -2.35. The number of hydrogen-bond donors (Lipinski definition) is 1. The molecule has 0 spiro atoms. The van der Waals surface area contributed by atoms with Crippen molar-refractivity contribution in [3.8, 4) is 11.5 Å². The first-order valence-corrected chi connectivity index (χ1v) is 9.98. The van der Waals surface area contributed by atoms with Crippen LogP contribution in [-0.4, -0.2) is 44.0 Å². The van der Waals surface area contributed by atoms with Crippen molar-refractivity contribution in [3.05, 3.63) is 57.9 Å². The number of fused-ring (bicyclic) bond motifs is 1. The monoisotopic (exact) mass is 400 g/mol. The molecule has 146 valence electrons. The van der Waals surface area contributed by atoms with Crippen LogP contribution in [0.3, 0.4) is 0 Å². The first kappa shape index (κ1) is 18.5. The van der Waals surface area contributed by atoms with E-state index in [0.717, 1.165) is 23.0 Å². The predicted molar refractivity (Wildman–Crippen MR) is 107 cm³/mol. The summed E-state index contributed by atoms with van der Waals surface area (Å²) in [6, 6.07) is 8.50. The summed E-state index contributed by atoms with van der Waals surface area (Å²) in [6.07, 6.45) is 2.66. The topological polar surface area (TPSA) is 101 Å². The van der Waals surface area contributed by atoms with Crippen LogP contribution in [0.2, 0.25) is 0 Å². The van der Waals surface area contributed by atoms with Gasteiger partial charge in [-0.05, 0) is 30.2 Å². The van der Waals surface area contributed by atoms with Crippen molar-refractivity contribution in [1.82, 2.24) is 9.88 Å². The van der Waals surface area contributed by atoms with Gasteiger partial charge in [0, 0.05) is 24.1 Å². The molecule has 2 aliphatic rings. The lowest BCUT2D eigenvalue weighted by molar-refractivity contribution is -0.386. The lowest BCUT2D eigenvalue weighted by atomic mass is 9.94. The van der Waals surface area contributed by atoms with E-state index in [4.69, 9.17) is 9.73 Å². The Balaban J connectivity index is 1.87.